The molecule has 4 aliphatic rings. The molecular formula is C15H33N9. The van der Waals surface area contributed by atoms with Crippen LogP contribution in [0.2, 0.25) is 0 Å². The standard InChI is InChI=1S/C15H33N9/c1-7-19(8-2-16-1)22-13-23(20-9-3-17-4-10-20)15-24(14-22)21-11-5-18-6-12-21/h16-18H,1-15H2. The smallest absolute Gasteiger partial charge is 0.0817 e. The number of piperazine rings is 3. The van der Waals surface area contributed by atoms with Crippen molar-refractivity contribution in [3.63, 3.8) is 0 Å². The van der Waals surface area contributed by atoms with E-state index < -0.39 is 0 Å². The molecule has 0 aliphatic carbocycles. The lowest BCUT2D eigenvalue weighted by Gasteiger charge is -2.53. The first-order valence-corrected chi connectivity index (χ1v) is 9.52. The zero-order valence-corrected chi connectivity index (χ0v) is 14.8. The van der Waals surface area contributed by atoms with Crippen LogP contribution in [0.25, 0.3) is 0 Å². The van der Waals surface area contributed by atoms with Gasteiger partial charge in [0.15, 0.2) is 0 Å². The van der Waals surface area contributed by atoms with Crippen LogP contribution in [0.4, 0.5) is 0 Å². The van der Waals surface area contributed by atoms with Gasteiger partial charge in [0.2, 0.25) is 0 Å². The maximum atomic E-state index is 3.47. The molecule has 4 heterocycles. The molecule has 0 spiro atoms. The average Bonchev–Trinajstić information content (AvgIpc) is 2.70. The second-order valence-corrected chi connectivity index (χ2v) is 7.05. The van der Waals surface area contributed by atoms with Gasteiger partial charge in [0.05, 0.1) is 20.0 Å². The molecule has 0 amide bonds. The Balaban J connectivity index is 1.44. The molecule has 138 valence electrons. The SMILES string of the molecule is C1CN(N2CN(N3CCNCC3)CN(N3CCNCC3)C2)CCN1. The number of nitrogens with zero attached hydrogens (tertiary/aromatic N) is 6. The van der Waals surface area contributed by atoms with E-state index in [4.69, 9.17) is 0 Å². The van der Waals surface area contributed by atoms with Crippen molar-refractivity contribution < 1.29 is 0 Å². The largest absolute Gasteiger partial charge is 0.314 e. The van der Waals surface area contributed by atoms with Crippen LogP contribution in [-0.4, -0.2) is 129 Å². The summed E-state index contributed by atoms with van der Waals surface area (Å²) < 4.78 is 0. The van der Waals surface area contributed by atoms with Crippen molar-refractivity contribution in [1.29, 1.82) is 0 Å². The zero-order chi connectivity index (χ0) is 16.2. The van der Waals surface area contributed by atoms with E-state index in [1.807, 2.05) is 0 Å². The maximum Gasteiger partial charge on any atom is 0.0817 e. The zero-order valence-electron chi connectivity index (χ0n) is 14.8. The number of hydrazine groups is 3. The van der Waals surface area contributed by atoms with Gasteiger partial charge in [-0.2, -0.15) is 0 Å². The molecule has 4 fully saturated rings. The lowest BCUT2D eigenvalue weighted by Crippen LogP contribution is -2.70. The van der Waals surface area contributed by atoms with Gasteiger partial charge in [-0.1, -0.05) is 0 Å². The van der Waals surface area contributed by atoms with Crippen LogP contribution >= 0.6 is 0 Å². The van der Waals surface area contributed by atoms with Crippen LogP contribution in [0.3, 0.4) is 0 Å². The van der Waals surface area contributed by atoms with Crippen LogP contribution in [0, 0.1) is 0 Å². The van der Waals surface area contributed by atoms with Crippen LogP contribution in [-0.2, 0) is 0 Å². The predicted octanol–water partition coefficient (Wildman–Crippen LogP) is -2.76. The Hall–Kier alpha value is -0.360. The molecule has 0 aromatic heterocycles. The first-order valence-electron chi connectivity index (χ1n) is 9.52. The summed E-state index contributed by atoms with van der Waals surface area (Å²) in [5.74, 6) is 0. The van der Waals surface area contributed by atoms with E-state index in [1.165, 1.54) is 0 Å². The molecule has 4 saturated heterocycles. The normalized spacial score (nSPS) is 31.5. The molecule has 0 aromatic rings. The van der Waals surface area contributed by atoms with E-state index >= 15 is 0 Å². The maximum absolute atomic E-state index is 3.47. The Morgan fingerprint density at radius 2 is 0.583 bits per heavy atom. The summed E-state index contributed by atoms with van der Waals surface area (Å²) in [6.07, 6.45) is 0. The second kappa shape index (κ2) is 8.35. The van der Waals surface area contributed by atoms with Crippen molar-refractivity contribution in [2.75, 3.05) is 98.5 Å². The Bertz CT molecular complexity index is 314. The Kier molecular flexibility index (Phi) is 5.94. The van der Waals surface area contributed by atoms with Crippen molar-refractivity contribution in [1.82, 2.24) is 46.0 Å². The molecule has 0 saturated carbocycles. The van der Waals surface area contributed by atoms with Crippen molar-refractivity contribution in [3.8, 4) is 0 Å². The molecule has 0 bridgehead atoms. The third-order valence-electron chi connectivity index (χ3n) is 5.46. The first kappa shape index (κ1) is 17.1. The molecule has 0 aromatic carbocycles. The number of rotatable bonds is 3. The summed E-state index contributed by atoms with van der Waals surface area (Å²) in [7, 11) is 0. The number of hydrogen-bond acceptors (Lipinski definition) is 9. The van der Waals surface area contributed by atoms with Gasteiger partial charge in [0.1, 0.15) is 0 Å². The monoisotopic (exact) mass is 339 g/mol. The number of hydrogen-bond donors (Lipinski definition) is 3. The van der Waals surface area contributed by atoms with E-state index in [1.54, 1.807) is 0 Å². The second-order valence-electron chi connectivity index (χ2n) is 7.05. The van der Waals surface area contributed by atoms with Gasteiger partial charge in [-0.25, -0.2) is 30.1 Å². The third kappa shape index (κ3) is 4.06. The highest BCUT2D eigenvalue weighted by molar-refractivity contribution is 4.75. The van der Waals surface area contributed by atoms with E-state index in [9.17, 15) is 0 Å². The lowest BCUT2D eigenvalue weighted by molar-refractivity contribution is -0.253. The predicted molar refractivity (Wildman–Crippen MR) is 93.4 cm³/mol. The highest BCUT2D eigenvalue weighted by Gasteiger charge is 2.34. The molecule has 0 atom stereocenters. The Labute approximate surface area is 145 Å². The fraction of sp³-hybridized carbons (Fsp3) is 1.00. The average molecular weight is 339 g/mol. The van der Waals surface area contributed by atoms with Crippen LogP contribution in [0.5, 0.6) is 0 Å². The van der Waals surface area contributed by atoms with Gasteiger partial charge in [0.25, 0.3) is 0 Å². The Morgan fingerprint density at radius 3 is 0.833 bits per heavy atom. The third-order valence-corrected chi connectivity index (χ3v) is 5.46. The summed E-state index contributed by atoms with van der Waals surface area (Å²) in [4.78, 5) is 0. The van der Waals surface area contributed by atoms with Gasteiger partial charge >= 0.3 is 0 Å². The van der Waals surface area contributed by atoms with Crippen LogP contribution in [0.1, 0.15) is 0 Å². The van der Waals surface area contributed by atoms with Crippen LogP contribution < -0.4 is 16.0 Å². The minimum Gasteiger partial charge on any atom is -0.314 e. The lowest BCUT2D eigenvalue weighted by atomic mass is 10.4. The molecule has 3 N–H and O–H groups in total. The molecular weight excluding hydrogens is 306 g/mol. The fourth-order valence-corrected chi connectivity index (χ4v) is 4.04. The van der Waals surface area contributed by atoms with Gasteiger partial charge in [-0.15, -0.1) is 0 Å². The quantitative estimate of drug-likeness (QED) is 0.508. The summed E-state index contributed by atoms with van der Waals surface area (Å²) in [6.45, 7) is 16.3. The van der Waals surface area contributed by atoms with Gasteiger partial charge in [-0.3, -0.25) is 0 Å². The topological polar surface area (TPSA) is 55.5 Å². The highest BCUT2D eigenvalue weighted by atomic mass is 15.9. The molecule has 4 aliphatic heterocycles. The first-order chi connectivity index (χ1) is 11.9. The minimum atomic E-state index is 1.02. The van der Waals surface area contributed by atoms with Crippen LogP contribution in [0.15, 0.2) is 0 Å². The van der Waals surface area contributed by atoms with Gasteiger partial charge < -0.3 is 16.0 Å². The van der Waals surface area contributed by atoms with Gasteiger partial charge in [0, 0.05) is 78.5 Å². The molecule has 0 radical (unpaired) electrons. The summed E-state index contributed by atoms with van der Waals surface area (Å²) in [6, 6.07) is 0. The molecule has 4 rings (SSSR count). The minimum absolute atomic E-state index is 1.02. The van der Waals surface area contributed by atoms with Crippen molar-refractivity contribution in [2.45, 2.75) is 0 Å². The molecule has 9 heteroatoms. The van der Waals surface area contributed by atoms with E-state index in [2.05, 4.69) is 46.0 Å². The number of nitrogens with one attached hydrogen (secondary N) is 3. The summed E-state index contributed by atoms with van der Waals surface area (Å²) in [5.41, 5.74) is 0. The fourth-order valence-electron chi connectivity index (χ4n) is 4.04. The summed E-state index contributed by atoms with van der Waals surface area (Å²) in [5, 5.41) is 25.7. The van der Waals surface area contributed by atoms with Gasteiger partial charge in [-0.05, 0) is 0 Å². The molecule has 24 heavy (non-hydrogen) atoms. The molecule has 9 nitrogen and oxygen atoms in total. The molecule has 0 unspecified atom stereocenters. The van der Waals surface area contributed by atoms with E-state index in [-0.39, 0.29) is 0 Å². The highest BCUT2D eigenvalue weighted by Crippen LogP contribution is 2.16. The Morgan fingerprint density at radius 1 is 0.333 bits per heavy atom. The van der Waals surface area contributed by atoms with Crippen molar-refractivity contribution in [3.05, 3.63) is 0 Å². The van der Waals surface area contributed by atoms with E-state index in [0.717, 1.165) is 98.5 Å². The van der Waals surface area contributed by atoms with Crippen molar-refractivity contribution >= 4 is 0 Å². The van der Waals surface area contributed by atoms with E-state index in [0.29, 0.717) is 0 Å². The van der Waals surface area contributed by atoms with Crippen molar-refractivity contribution in [2.24, 2.45) is 0 Å². The summed E-state index contributed by atoms with van der Waals surface area (Å²) >= 11 is 0.